The number of ether oxygens (including phenoxy) is 1. The maximum Gasteiger partial charge on any atom is 0.252 e. The number of hydrogen-bond acceptors (Lipinski definition) is 6. The highest BCUT2D eigenvalue weighted by atomic mass is 35.5. The van der Waals surface area contributed by atoms with Gasteiger partial charge in [0.05, 0.1) is 21.2 Å². The van der Waals surface area contributed by atoms with Crippen LogP contribution in [-0.2, 0) is 26.1 Å². The minimum Gasteiger partial charge on any atom is -0.380 e. The molecule has 7 nitrogen and oxygen atoms in total. The molecule has 0 spiro atoms. The molecule has 0 radical (unpaired) electrons. The van der Waals surface area contributed by atoms with Gasteiger partial charge in [0.1, 0.15) is 10.0 Å². The smallest absolute Gasteiger partial charge is 0.252 e. The molecule has 3 aromatic rings. The number of rotatable bonds is 7. The second-order valence-electron chi connectivity index (χ2n) is 7.51. The van der Waals surface area contributed by atoms with Gasteiger partial charge in [0.25, 0.3) is 15.9 Å². The molecule has 0 bridgehead atoms. The molecule has 0 aliphatic carbocycles. The molecule has 2 aromatic heterocycles. The molecule has 0 atom stereocenters. The van der Waals surface area contributed by atoms with Crippen LogP contribution in [0.5, 0.6) is 0 Å². The average molecular weight is 532 g/mol. The number of hydrogen-bond donors (Lipinski definition) is 0. The number of fused-ring (bicyclic) bond motifs is 1. The summed E-state index contributed by atoms with van der Waals surface area (Å²) in [6, 6.07) is 7.86. The van der Waals surface area contributed by atoms with E-state index in [4.69, 9.17) is 16.3 Å². The van der Waals surface area contributed by atoms with Gasteiger partial charge in [-0.2, -0.15) is 9.30 Å². The lowest BCUT2D eigenvalue weighted by molar-refractivity contribution is -0.122. The number of thiophene rings is 1. The summed E-state index contributed by atoms with van der Waals surface area (Å²) >= 11 is 8.16. The van der Waals surface area contributed by atoms with Crippen molar-refractivity contribution in [3.63, 3.8) is 0 Å². The van der Waals surface area contributed by atoms with Crippen LogP contribution < -0.4 is 4.80 Å². The Morgan fingerprint density at radius 2 is 2.00 bits per heavy atom. The number of thiazole rings is 1. The summed E-state index contributed by atoms with van der Waals surface area (Å²) in [4.78, 5) is 17.7. The molecule has 3 heterocycles. The van der Waals surface area contributed by atoms with Gasteiger partial charge in [-0.05, 0) is 44.0 Å². The Labute approximate surface area is 204 Å². The molecular formula is C21H23ClFN3O4S3. The van der Waals surface area contributed by atoms with E-state index in [0.717, 1.165) is 11.3 Å². The van der Waals surface area contributed by atoms with Crippen molar-refractivity contribution < 1.29 is 22.3 Å². The first kappa shape index (κ1) is 24.5. The number of carbonyl (C=O) groups excluding carboxylic acids is 1. The van der Waals surface area contributed by atoms with Gasteiger partial charge in [0, 0.05) is 32.2 Å². The average Bonchev–Trinajstić information content (AvgIpc) is 3.39. The topological polar surface area (TPSA) is 81.0 Å². The highest BCUT2D eigenvalue weighted by Gasteiger charge is 2.33. The van der Waals surface area contributed by atoms with E-state index in [1.165, 1.54) is 27.8 Å². The molecule has 1 amide bonds. The number of nitrogens with zero attached hydrogens (tertiary/aromatic N) is 3. The molecule has 0 N–H and O–H groups in total. The number of para-hydroxylation sites is 1. The van der Waals surface area contributed by atoms with Gasteiger partial charge in [-0.1, -0.05) is 29.0 Å². The first-order valence-electron chi connectivity index (χ1n) is 10.5. The van der Waals surface area contributed by atoms with Crippen molar-refractivity contribution in [1.82, 2.24) is 8.87 Å². The van der Waals surface area contributed by atoms with Crippen LogP contribution in [0.25, 0.3) is 10.2 Å². The Bertz CT molecular complexity index is 1320. The van der Waals surface area contributed by atoms with Crippen LogP contribution in [0, 0.1) is 11.7 Å². The molecule has 33 heavy (non-hydrogen) atoms. The zero-order valence-electron chi connectivity index (χ0n) is 17.9. The Morgan fingerprint density at radius 3 is 2.67 bits per heavy atom. The van der Waals surface area contributed by atoms with Crippen molar-refractivity contribution in [3.05, 3.63) is 45.3 Å². The van der Waals surface area contributed by atoms with Crippen LogP contribution in [0.4, 0.5) is 4.39 Å². The van der Waals surface area contributed by atoms with Crippen molar-refractivity contribution in [2.45, 2.75) is 30.5 Å². The number of piperidine rings is 1. The summed E-state index contributed by atoms with van der Waals surface area (Å²) in [5.41, 5.74) is 0.407. The molecule has 178 valence electrons. The van der Waals surface area contributed by atoms with Gasteiger partial charge >= 0.3 is 0 Å². The second kappa shape index (κ2) is 10.3. The Hall–Kier alpha value is -1.63. The van der Waals surface area contributed by atoms with Crippen LogP contribution in [0.3, 0.4) is 0 Å². The Balaban J connectivity index is 1.53. The van der Waals surface area contributed by atoms with Crippen molar-refractivity contribution >= 4 is 60.4 Å². The van der Waals surface area contributed by atoms with Gasteiger partial charge < -0.3 is 9.30 Å². The molecule has 12 heteroatoms. The normalized spacial score (nSPS) is 16.6. The molecule has 1 aliphatic heterocycles. The SMILES string of the molecule is CCOCCn1c(=NC(=O)C2CCN(S(=O)(=O)c3ccc(Cl)s3)CC2)sc2cccc(F)c21. The molecular weight excluding hydrogens is 509 g/mol. The zero-order valence-corrected chi connectivity index (χ0v) is 21.1. The standard InChI is InChI=1S/C21H23ClFN3O4S3/c1-2-30-13-12-26-19-15(23)4-3-5-16(19)31-21(26)24-20(27)14-8-10-25(11-9-14)33(28,29)18-7-6-17(22)32-18/h3-7,14H,2,8-13H2,1H3. The molecule has 1 fully saturated rings. The summed E-state index contributed by atoms with van der Waals surface area (Å²) < 4.78 is 49.9. The first-order valence-corrected chi connectivity index (χ1v) is 14.0. The number of aromatic nitrogens is 1. The molecule has 0 unspecified atom stereocenters. The molecule has 1 aliphatic rings. The van der Waals surface area contributed by atoms with E-state index < -0.39 is 15.9 Å². The highest BCUT2D eigenvalue weighted by Crippen LogP contribution is 2.31. The molecule has 4 rings (SSSR count). The lowest BCUT2D eigenvalue weighted by Gasteiger charge is -2.29. The maximum absolute atomic E-state index is 14.5. The number of halogens is 2. The lowest BCUT2D eigenvalue weighted by atomic mass is 9.98. The van der Waals surface area contributed by atoms with Crippen LogP contribution in [0.2, 0.25) is 4.34 Å². The van der Waals surface area contributed by atoms with E-state index in [9.17, 15) is 17.6 Å². The first-order chi connectivity index (χ1) is 15.8. The van der Waals surface area contributed by atoms with Crippen LogP contribution >= 0.6 is 34.3 Å². The quantitative estimate of drug-likeness (QED) is 0.429. The predicted octanol–water partition coefficient (Wildman–Crippen LogP) is 4.12. The van der Waals surface area contributed by atoms with Crippen molar-refractivity contribution in [2.24, 2.45) is 10.9 Å². The van der Waals surface area contributed by atoms with E-state index in [-0.39, 0.29) is 29.0 Å². The predicted molar refractivity (Wildman–Crippen MR) is 128 cm³/mol. The van der Waals surface area contributed by atoms with E-state index in [1.807, 2.05) is 6.92 Å². The van der Waals surface area contributed by atoms with Crippen LogP contribution in [-0.4, -0.2) is 49.5 Å². The summed E-state index contributed by atoms with van der Waals surface area (Å²) in [6.45, 7) is 3.63. The van der Waals surface area contributed by atoms with Gasteiger partial charge in [-0.3, -0.25) is 4.79 Å². The molecule has 1 aromatic carbocycles. The zero-order chi connectivity index (χ0) is 23.6. The summed E-state index contributed by atoms with van der Waals surface area (Å²) in [5, 5.41) is 0. The third-order valence-electron chi connectivity index (χ3n) is 5.47. The fourth-order valence-electron chi connectivity index (χ4n) is 3.77. The van der Waals surface area contributed by atoms with Crippen LogP contribution in [0.15, 0.2) is 39.5 Å². The van der Waals surface area contributed by atoms with Crippen molar-refractivity contribution in [1.29, 1.82) is 0 Å². The third kappa shape index (κ3) is 5.23. The van der Waals surface area contributed by atoms with E-state index in [1.54, 1.807) is 22.8 Å². The Morgan fingerprint density at radius 1 is 1.24 bits per heavy atom. The molecule has 0 saturated carbocycles. The van der Waals surface area contributed by atoms with E-state index in [2.05, 4.69) is 4.99 Å². The van der Waals surface area contributed by atoms with Crippen LogP contribution in [0.1, 0.15) is 19.8 Å². The Kier molecular flexibility index (Phi) is 7.66. The number of sulfonamides is 1. The fraction of sp³-hybridized carbons (Fsp3) is 0.429. The van der Waals surface area contributed by atoms with Gasteiger partial charge in [0.2, 0.25) is 0 Å². The van der Waals surface area contributed by atoms with E-state index in [0.29, 0.717) is 52.0 Å². The van der Waals surface area contributed by atoms with Gasteiger partial charge in [0.15, 0.2) is 4.80 Å². The number of carbonyl (C=O) groups is 1. The summed E-state index contributed by atoms with van der Waals surface area (Å²) in [7, 11) is -3.62. The highest BCUT2D eigenvalue weighted by molar-refractivity contribution is 7.91. The minimum absolute atomic E-state index is 0.199. The van der Waals surface area contributed by atoms with Gasteiger partial charge in [-0.25, -0.2) is 12.8 Å². The van der Waals surface area contributed by atoms with Gasteiger partial charge in [-0.15, -0.1) is 11.3 Å². The monoisotopic (exact) mass is 531 g/mol. The lowest BCUT2D eigenvalue weighted by Crippen LogP contribution is -2.40. The largest absolute Gasteiger partial charge is 0.380 e. The molecule has 1 saturated heterocycles. The summed E-state index contributed by atoms with van der Waals surface area (Å²) in [5.74, 6) is -1.08. The fourth-order valence-corrected chi connectivity index (χ4v) is 7.95. The second-order valence-corrected chi connectivity index (χ2v) is 12.4. The number of amides is 1. The van der Waals surface area contributed by atoms with E-state index >= 15 is 0 Å². The number of benzene rings is 1. The summed E-state index contributed by atoms with van der Waals surface area (Å²) in [6.07, 6.45) is 0.748. The van der Waals surface area contributed by atoms with Crippen molar-refractivity contribution in [2.75, 3.05) is 26.3 Å². The maximum atomic E-state index is 14.5. The van der Waals surface area contributed by atoms with Crippen molar-refractivity contribution in [3.8, 4) is 0 Å². The third-order valence-corrected chi connectivity index (χ3v) is 10.1. The minimum atomic E-state index is -3.62.